The highest BCUT2D eigenvalue weighted by molar-refractivity contribution is 9.10. The number of halogens is 1. The minimum Gasteiger partial charge on any atom is -0.422 e. The summed E-state index contributed by atoms with van der Waals surface area (Å²) in [6.45, 7) is 2.09. The van der Waals surface area contributed by atoms with Crippen molar-refractivity contribution >= 4 is 44.9 Å². The highest BCUT2D eigenvalue weighted by Gasteiger charge is 2.20. The summed E-state index contributed by atoms with van der Waals surface area (Å²) in [6.07, 6.45) is 2.30. The maximum absolute atomic E-state index is 13.3. The molecule has 0 aliphatic heterocycles. The first-order valence-electron chi connectivity index (χ1n) is 12.1. The molecule has 5 aromatic rings. The number of hydrogen-bond donors (Lipinski definition) is 2. The molecule has 1 aromatic heterocycles. The highest BCUT2D eigenvalue weighted by Crippen LogP contribution is 2.34. The number of nitrogens with one attached hydrogen (secondary N) is 2. The SMILES string of the molecule is CCc1cccc2c(-c3ccccc3)c(C(=O)NN=Cc3ccccc3OC(=O)c3ccc(Br)cc3)[nH]c12. The minimum atomic E-state index is -0.486. The Morgan fingerprint density at radius 3 is 2.42 bits per heavy atom. The smallest absolute Gasteiger partial charge is 0.343 e. The van der Waals surface area contributed by atoms with Crippen LogP contribution in [-0.4, -0.2) is 23.1 Å². The second kappa shape index (κ2) is 11.3. The van der Waals surface area contributed by atoms with Gasteiger partial charge in [-0.05, 0) is 53.9 Å². The molecule has 2 N–H and O–H groups in total. The van der Waals surface area contributed by atoms with Crippen LogP contribution in [-0.2, 0) is 6.42 Å². The summed E-state index contributed by atoms with van der Waals surface area (Å²) in [5.41, 5.74) is 7.86. The van der Waals surface area contributed by atoms with E-state index in [1.165, 1.54) is 6.21 Å². The molecule has 4 aromatic carbocycles. The molecule has 7 heteroatoms. The quantitative estimate of drug-likeness (QED) is 0.0951. The van der Waals surface area contributed by atoms with Crippen LogP contribution >= 0.6 is 15.9 Å². The molecule has 0 unspecified atom stereocenters. The number of benzene rings is 4. The third kappa shape index (κ3) is 5.28. The van der Waals surface area contributed by atoms with E-state index in [1.54, 1.807) is 48.5 Å². The van der Waals surface area contributed by atoms with Gasteiger partial charge >= 0.3 is 5.97 Å². The first kappa shape index (κ1) is 25.2. The van der Waals surface area contributed by atoms with E-state index in [1.807, 2.05) is 42.5 Å². The Morgan fingerprint density at radius 2 is 1.66 bits per heavy atom. The number of H-pyrrole nitrogens is 1. The van der Waals surface area contributed by atoms with E-state index in [0.29, 0.717) is 22.6 Å². The third-order valence-electron chi connectivity index (χ3n) is 6.16. The molecule has 0 saturated carbocycles. The standard InChI is InChI=1S/C31H24BrN3O3/c1-2-20-12-8-13-25-27(21-9-4-3-5-10-21)29(34-28(20)25)30(36)35-33-19-23-11-6-7-14-26(23)38-31(37)22-15-17-24(32)18-16-22/h3-19,34H,2H2,1H3,(H,35,36). The van der Waals surface area contributed by atoms with E-state index in [2.05, 4.69) is 44.4 Å². The summed E-state index contributed by atoms with van der Waals surface area (Å²) in [7, 11) is 0. The molecule has 1 heterocycles. The first-order chi connectivity index (χ1) is 18.5. The number of para-hydroxylation sites is 2. The third-order valence-corrected chi connectivity index (χ3v) is 6.69. The van der Waals surface area contributed by atoms with Gasteiger partial charge in [-0.1, -0.05) is 83.5 Å². The van der Waals surface area contributed by atoms with Crippen LogP contribution < -0.4 is 10.2 Å². The number of rotatable bonds is 7. The maximum Gasteiger partial charge on any atom is 0.343 e. The zero-order valence-corrected chi connectivity index (χ0v) is 22.2. The minimum absolute atomic E-state index is 0.335. The van der Waals surface area contributed by atoms with Crippen LogP contribution in [0, 0.1) is 0 Å². The fraction of sp³-hybridized carbons (Fsp3) is 0.0645. The maximum atomic E-state index is 13.3. The van der Waals surface area contributed by atoms with Gasteiger partial charge in [0.05, 0.1) is 11.8 Å². The van der Waals surface area contributed by atoms with Crippen molar-refractivity contribution in [3.8, 4) is 16.9 Å². The summed E-state index contributed by atoms with van der Waals surface area (Å²) >= 11 is 3.36. The summed E-state index contributed by atoms with van der Waals surface area (Å²) in [5.74, 6) is -0.524. The molecule has 5 rings (SSSR count). The van der Waals surface area contributed by atoms with Crippen LogP contribution in [0.3, 0.4) is 0 Å². The Kier molecular flexibility index (Phi) is 7.47. The van der Waals surface area contributed by atoms with Crippen LogP contribution in [0.2, 0.25) is 0 Å². The van der Waals surface area contributed by atoms with E-state index in [0.717, 1.165) is 38.5 Å². The lowest BCUT2D eigenvalue weighted by atomic mass is 10.00. The normalized spacial score (nSPS) is 11.1. The molecular weight excluding hydrogens is 542 g/mol. The van der Waals surface area contributed by atoms with Crippen molar-refractivity contribution in [3.05, 3.63) is 124 Å². The Balaban J connectivity index is 1.40. The predicted octanol–water partition coefficient (Wildman–Crippen LogP) is 7.14. The average Bonchev–Trinajstić information content (AvgIpc) is 3.35. The van der Waals surface area contributed by atoms with Crippen molar-refractivity contribution in [2.24, 2.45) is 5.10 Å². The molecule has 0 aliphatic rings. The number of amides is 1. The van der Waals surface area contributed by atoms with Crippen molar-refractivity contribution < 1.29 is 14.3 Å². The molecule has 0 radical (unpaired) electrons. The monoisotopic (exact) mass is 565 g/mol. The molecule has 38 heavy (non-hydrogen) atoms. The van der Waals surface area contributed by atoms with Gasteiger partial charge in [-0.25, -0.2) is 10.2 Å². The second-order valence-electron chi connectivity index (χ2n) is 8.57. The van der Waals surface area contributed by atoms with Gasteiger partial charge in [0.2, 0.25) is 0 Å². The number of nitrogens with zero attached hydrogens (tertiary/aromatic N) is 1. The number of fused-ring (bicyclic) bond motifs is 1. The van der Waals surface area contributed by atoms with Crippen LogP contribution in [0.15, 0.2) is 107 Å². The number of aromatic nitrogens is 1. The second-order valence-corrected chi connectivity index (χ2v) is 9.48. The molecule has 0 bridgehead atoms. The van der Waals surface area contributed by atoms with Gasteiger partial charge in [-0.15, -0.1) is 0 Å². The van der Waals surface area contributed by atoms with Crippen LogP contribution in [0.4, 0.5) is 0 Å². The lowest BCUT2D eigenvalue weighted by Gasteiger charge is -2.07. The lowest BCUT2D eigenvalue weighted by molar-refractivity contribution is 0.0734. The van der Waals surface area contributed by atoms with Gasteiger partial charge in [0, 0.05) is 26.5 Å². The average molecular weight is 566 g/mol. The zero-order chi connectivity index (χ0) is 26.5. The van der Waals surface area contributed by atoms with E-state index in [4.69, 9.17) is 4.74 Å². The zero-order valence-electron chi connectivity index (χ0n) is 20.6. The fourth-order valence-corrected chi connectivity index (χ4v) is 4.55. The fourth-order valence-electron chi connectivity index (χ4n) is 4.29. The molecule has 0 aliphatic carbocycles. The Labute approximate surface area is 228 Å². The number of aryl methyl sites for hydroxylation is 1. The summed E-state index contributed by atoms with van der Waals surface area (Å²) < 4.78 is 6.46. The van der Waals surface area contributed by atoms with E-state index >= 15 is 0 Å². The molecular formula is C31H24BrN3O3. The van der Waals surface area contributed by atoms with E-state index in [-0.39, 0.29) is 5.91 Å². The van der Waals surface area contributed by atoms with E-state index < -0.39 is 5.97 Å². The van der Waals surface area contributed by atoms with Crippen molar-refractivity contribution in [1.29, 1.82) is 0 Å². The van der Waals surface area contributed by atoms with Gasteiger partial charge in [-0.2, -0.15) is 5.10 Å². The van der Waals surface area contributed by atoms with Crippen LogP contribution in [0.1, 0.15) is 38.9 Å². The van der Waals surface area contributed by atoms with Gasteiger partial charge in [0.15, 0.2) is 0 Å². The predicted molar refractivity (Wildman–Crippen MR) is 154 cm³/mol. The number of carbonyl (C=O) groups excluding carboxylic acids is 2. The molecule has 6 nitrogen and oxygen atoms in total. The number of carbonyl (C=O) groups is 2. The van der Waals surface area contributed by atoms with Crippen molar-refractivity contribution in [1.82, 2.24) is 10.4 Å². The molecule has 0 saturated heterocycles. The van der Waals surface area contributed by atoms with Gasteiger partial charge in [0.25, 0.3) is 5.91 Å². The summed E-state index contributed by atoms with van der Waals surface area (Å²) in [6, 6.07) is 29.8. The van der Waals surface area contributed by atoms with Crippen molar-refractivity contribution in [2.75, 3.05) is 0 Å². The lowest BCUT2D eigenvalue weighted by Crippen LogP contribution is -2.19. The highest BCUT2D eigenvalue weighted by atomic mass is 79.9. The Bertz CT molecular complexity index is 1640. The number of hydrogen-bond acceptors (Lipinski definition) is 4. The number of ether oxygens (including phenoxy) is 1. The Morgan fingerprint density at radius 1 is 0.921 bits per heavy atom. The first-order valence-corrected chi connectivity index (χ1v) is 12.9. The molecule has 0 atom stereocenters. The van der Waals surface area contributed by atoms with Gasteiger partial charge in [0.1, 0.15) is 11.4 Å². The van der Waals surface area contributed by atoms with Crippen molar-refractivity contribution in [3.63, 3.8) is 0 Å². The topological polar surface area (TPSA) is 83.5 Å². The largest absolute Gasteiger partial charge is 0.422 e. The van der Waals surface area contributed by atoms with Crippen molar-refractivity contribution in [2.45, 2.75) is 13.3 Å². The molecule has 0 spiro atoms. The summed E-state index contributed by atoms with van der Waals surface area (Å²) in [5, 5.41) is 5.16. The molecule has 0 fully saturated rings. The number of aromatic amines is 1. The van der Waals surface area contributed by atoms with E-state index in [9.17, 15) is 9.59 Å². The van der Waals surface area contributed by atoms with Gasteiger partial charge < -0.3 is 9.72 Å². The molecule has 1 amide bonds. The number of hydrazone groups is 1. The van der Waals surface area contributed by atoms with Gasteiger partial charge in [-0.3, -0.25) is 4.79 Å². The summed E-state index contributed by atoms with van der Waals surface area (Å²) in [4.78, 5) is 29.3. The Hall–Kier alpha value is -4.49. The van der Waals surface area contributed by atoms with Crippen LogP contribution in [0.25, 0.3) is 22.0 Å². The molecule has 188 valence electrons. The van der Waals surface area contributed by atoms with Crippen LogP contribution in [0.5, 0.6) is 5.75 Å². The number of esters is 1.